The monoisotopic (exact) mass is 356 g/mol. The minimum atomic E-state index is -0.261. The molecule has 2 N–H and O–H groups in total. The Labute approximate surface area is 152 Å². The summed E-state index contributed by atoms with van der Waals surface area (Å²) < 4.78 is 5.02. The number of likely N-dealkylation sites (tertiary alicyclic amines) is 1. The molecule has 2 aromatic rings. The maximum Gasteiger partial charge on any atom is 0.261 e. The number of carbonyl (C=O) groups is 2. The molecule has 0 bridgehead atoms. The highest BCUT2D eigenvalue weighted by atomic mass is 16.5. The van der Waals surface area contributed by atoms with Gasteiger partial charge in [-0.25, -0.2) is 0 Å². The minimum Gasteiger partial charge on any atom is -0.361 e. The summed E-state index contributed by atoms with van der Waals surface area (Å²) >= 11 is 0. The molecule has 138 valence electrons. The van der Waals surface area contributed by atoms with E-state index in [1.807, 2.05) is 0 Å². The van der Waals surface area contributed by atoms with Crippen LogP contribution in [0.4, 0.5) is 11.4 Å². The Balaban J connectivity index is 1.54. The van der Waals surface area contributed by atoms with Crippen molar-refractivity contribution >= 4 is 23.2 Å². The van der Waals surface area contributed by atoms with E-state index in [1.165, 1.54) is 6.42 Å². The summed E-state index contributed by atoms with van der Waals surface area (Å²) in [6.07, 6.45) is 3.57. The van der Waals surface area contributed by atoms with Gasteiger partial charge in [-0.2, -0.15) is 0 Å². The average Bonchev–Trinajstić information content (AvgIpc) is 2.96. The van der Waals surface area contributed by atoms with Crippen LogP contribution in [-0.2, 0) is 4.79 Å². The fourth-order valence-corrected chi connectivity index (χ4v) is 3.16. The van der Waals surface area contributed by atoms with Gasteiger partial charge in [0.15, 0.2) is 0 Å². The Morgan fingerprint density at radius 1 is 1.04 bits per heavy atom. The average molecular weight is 356 g/mol. The molecule has 1 aliphatic heterocycles. The molecule has 1 aliphatic rings. The Bertz CT molecular complexity index is 757. The third kappa shape index (κ3) is 4.49. The van der Waals surface area contributed by atoms with Gasteiger partial charge in [-0.15, -0.1) is 0 Å². The van der Waals surface area contributed by atoms with E-state index in [2.05, 4.69) is 20.7 Å². The summed E-state index contributed by atoms with van der Waals surface area (Å²) in [6, 6.07) is 7.06. The number of hydrogen-bond acceptors (Lipinski definition) is 5. The first-order chi connectivity index (χ1) is 12.5. The molecule has 0 saturated carbocycles. The van der Waals surface area contributed by atoms with Crippen LogP contribution in [0.15, 0.2) is 28.8 Å². The Morgan fingerprint density at radius 2 is 1.65 bits per heavy atom. The van der Waals surface area contributed by atoms with Gasteiger partial charge in [-0.3, -0.25) is 14.5 Å². The molecule has 0 aliphatic carbocycles. The molecule has 7 nitrogen and oxygen atoms in total. The summed E-state index contributed by atoms with van der Waals surface area (Å²) in [4.78, 5) is 26.6. The fourth-order valence-electron chi connectivity index (χ4n) is 3.16. The van der Waals surface area contributed by atoms with Crippen LogP contribution < -0.4 is 10.6 Å². The van der Waals surface area contributed by atoms with Gasteiger partial charge in [0.2, 0.25) is 5.91 Å². The van der Waals surface area contributed by atoms with Crippen LogP contribution in [0, 0.1) is 13.8 Å². The number of amides is 2. The summed E-state index contributed by atoms with van der Waals surface area (Å²) in [6.45, 7) is 5.83. The maximum absolute atomic E-state index is 12.3. The van der Waals surface area contributed by atoms with Crippen molar-refractivity contribution in [2.45, 2.75) is 33.1 Å². The quantitative estimate of drug-likeness (QED) is 0.860. The lowest BCUT2D eigenvalue weighted by atomic mass is 10.1. The number of aryl methyl sites for hydroxylation is 2. The van der Waals surface area contributed by atoms with Crippen molar-refractivity contribution in [1.29, 1.82) is 0 Å². The van der Waals surface area contributed by atoms with Crippen molar-refractivity contribution in [2.75, 3.05) is 30.3 Å². The Hall–Kier alpha value is -2.67. The number of carbonyl (C=O) groups excluding carboxylic acids is 2. The smallest absolute Gasteiger partial charge is 0.261 e. The molecule has 26 heavy (non-hydrogen) atoms. The summed E-state index contributed by atoms with van der Waals surface area (Å²) in [5.41, 5.74) is 2.36. The molecule has 2 heterocycles. The van der Waals surface area contributed by atoms with Crippen LogP contribution in [0.5, 0.6) is 0 Å². The number of anilines is 2. The third-order valence-corrected chi connectivity index (χ3v) is 4.50. The molecule has 0 radical (unpaired) electrons. The SMILES string of the molecule is Cc1noc(C)c1C(=O)Nc1ccc(NC(=O)CN2CCCCC2)cc1. The van der Waals surface area contributed by atoms with Crippen molar-refractivity contribution in [3.8, 4) is 0 Å². The first-order valence-corrected chi connectivity index (χ1v) is 8.89. The number of hydrogen-bond donors (Lipinski definition) is 2. The zero-order valence-electron chi connectivity index (χ0n) is 15.2. The van der Waals surface area contributed by atoms with Crippen molar-refractivity contribution in [3.63, 3.8) is 0 Å². The van der Waals surface area contributed by atoms with Gasteiger partial charge in [-0.05, 0) is 64.0 Å². The topological polar surface area (TPSA) is 87.5 Å². The minimum absolute atomic E-state index is 0.0144. The lowest BCUT2D eigenvalue weighted by molar-refractivity contribution is -0.117. The van der Waals surface area contributed by atoms with Crippen molar-refractivity contribution in [2.24, 2.45) is 0 Å². The Kier molecular flexibility index (Phi) is 5.68. The number of rotatable bonds is 5. The number of nitrogens with zero attached hydrogens (tertiary/aromatic N) is 2. The van der Waals surface area contributed by atoms with Gasteiger partial charge in [0, 0.05) is 11.4 Å². The first-order valence-electron chi connectivity index (χ1n) is 8.89. The third-order valence-electron chi connectivity index (χ3n) is 4.50. The van der Waals surface area contributed by atoms with Gasteiger partial charge >= 0.3 is 0 Å². The molecule has 0 atom stereocenters. The lowest BCUT2D eigenvalue weighted by Crippen LogP contribution is -2.36. The standard InChI is InChI=1S/C19H24N4O3/c1-13-18(14(2)26-22-13)19(25)21-16-8-6-15(7-9-16)20-17(24)12-23-10-4-3-5-11-23/h6-9H,3-5,10-12H2,1-2H3,(H,20,24)(H,21,25). The largest absolute Gasteiger partial charge is 0.361 e. The molecule has 1 aromatic heterocycles. The molecular formula is C19H24N4O3. The van der Waals surface area contributed by atoms with Crippen LogP contribution in [0.1, 0.15) is 41.1 Å². The summed E-state index contributed by atoms with van der Waals surface area (Å²) in [5.74, 6) is 0.212. The van der Waals surface area contributed by atoms with E-state index in [1.54, 1.807) is 38.1 Å². The molecule has 0 spiro atoms. The van der Waals surface area contributed by atoms with Crippen LogP contribution in [0.25, 0.3) is 0 Å². The van der Waals surface area contributed by atoms with E-state index in [9.17, 15) is 9.59 Å². The summed E-state index contributed by atoms with van der Waals surface area (Å²) in [7, 11) is 0. The first kappa shape index (κ1) is 18.1. The molecule has 1 saturated heterocycles. The number of benzene rings is 1. The number of aromatic nitrogens is 1. The zero-order chi connectivity index (χ0) is 18.5. The number of piperidine rings is 1. The van der Waals surface area contributed by atoms with Gasteiger partial charge in [0.25, 0.3) is 5.91 Å². The fraction of sp³-hybridized carbons (Fsp3) is 0.421. The van der Waals surface area contributed by atoms with E-state index >= 15 is 0 Å². The second kappa shape index (κ2) is 8.14. The molecular weight excluding hydrogens is 332 g/mol. The van der Waals surface area contributed by atoms with Gasteiger partial charge in [0.1, 0.15) is 11.3 Å². The van der Waals surface area contributed by atoms with E-state index in [0.717, 1.165) is 25.9 Å². The van der Waals surface area contributed by atoms with Gasteiger partial charge in [0.05, 0.1) is 12.2 Å². The predicted molar refractivity (Wildman–Crippen MR) is 99.3 cm³/mol. The van der Waals surface area contributed by atoms with Gasteiger partial charge in [-0.1, -0.05) is 11.6 Å². The highest BCUT2D eigenvalue weighted by Crippen LogP contribution is 2.18. The highest BCUT2D eigenvalue weighted by molar-refractivity contribution is 6.05. The van der Waals surface area contributed by atoms with Crippen LogP contribution in [-0.4, -0.2) is 41.5 Å². The Morgan fingerprint density at radius 3 is 2.23 bits per heavy atom. The van der Waals surface area contributed by atoms with E-state index < -0.39 is 0 Å². The summed E-state index contributed by atoms with van der Waals surface area (Å²) in [5, 5.41) is 9.50. The molecule has 2 amide bonds. The van der Waals surface area contributed by atoms with Crippen molar-refractivity contribution < 1.29 is 14.1 Å². The lowest BCUT2D eigenvalue weighted by Gasteiger charge is -2.25. The normalized spacial score (nSPS) is 14.8. The van der Waals surface area contributed by atoms with E-state index in [4.69, 9.17) is 4.52 Å². The zero-order valence-corrected chi connectivity index (χ0v) is 15.2. The van der Waals surface area contributed by atoms with Crippen molar-refractivity contribution in [3.05, 3.63) is 41.3 Å². The molecule has 0 unspecified atom stereocenters. The van der Waals surface area contributed by atoms with Crippen LogP contribution in [0.2, 0.25) is 0 Å². The molecule has 3 rings (SSSR count). The van der Waals surface area contributed by atoms with Crippen molar-refractivity contribution in [1.82, 2.24) is 10.1 Å². The predicted octanol–water partition coefficient (Wildman–Crippen LogP) is 2.97. The highest BCUT2D eigenvalue weighted by Gasteiger charge is 2.17. The van der Waals surface area contributed by atoms with E-state index in [-0.39, 0.29) is 11.8 Å². The van der Waals surface area contributed by atoms with Gasteiger partial charge < -0.3 is 15.2 Å². The van der Waals surface area contributed by atoms with Crippen LogP contribution >= 0.6 is 0 Å². The molecule has 1 fully saturated rings. The van der Waals surface area contributed by atoms with E-state index in [0.29, 0.717) is 34.9 Å². The second-order valence-electron chi connectivity index (χ2n) is 6.62. The maximum atomic E-state index is 12.3. The molecule has 1 aromatic carbocycles. The molecule has 7 heteroatoms. The van der Waals surface area contributed by atoms with Crippen LogP contribution in [0.3, 0.4) is 0 Å². The second-order valence-corrected chi connectivity index (χ2v) is 6.62. The number of nitrogens with one attached hydrogen (secondary N) is 2.